The summed E-state index contributed by atoms with van der Waals surface area (Å²) < 4.78 is 5.37. The molecule has 2 saturated heterocycles. The summed E-state index contributed by atoms with van der Waals surface area (Å²) in [4.78, 5) is 13.6. The number of ether oxygens (including phenoxy) is 1. The molecule has 3 rings (SSSR count). The standard InChI is InChI=1S/C16H18N2O3/c1-21-15-5-2-10(8-17)6-11(15)9-18-12-3-4-14(18)13(7-12)16(19)20/h2,5-6,12-14H,3-4,7,9H2,1H3,(H,19,20). The summed E-state index contributed by atoms with van der Waals surface area (Å²) in [6.07, 6.45) is 2.75. The van der Waals surface area contributed by atoms with Crippen LogP contribution in [-0.4, -0.2) is 35.2 Å². The van der Waals surface area contributed by atoms with E-state index in [0.717, 1.165) is 30.6 Å². The monoisotopic (exact) mass is 286 g/mol. The van der Waals surface area contributed by atoms with Crippen LogP contribution >= 0.6 is 0 Å². The van der Waals surface area contributed by atoms with Gasteiger partial charge in [0.05, 0.1) is 24.7 Å². The van der Waals surface area contributed by atoms with Gasteiger partial charge in [-0.3, -0.25) is 9.69 Å². The number of rotatable bonds is 4. The lowest BCUT2D eigenvalue weighted by Gasteiger charge is -2.23. The Morgan fingerprint density at radius 1 is 1.52 bits per heavy atom. The van der Waals surface area contributed by atoms with Crippen molar-refractivity contribution in [2.75, 3.05) is 7.11 Å². The zero-order valence-electron chi connectivity index (χ0n) is 12.0. The van der Waals surface area contributed by atoms with Crippen LogP contribution in [0.5, 0.6) is 5.75 Å². The van der Waals surface area contributed by atoms with Gasteiger partial charge in [0.15, 0.2) is 0 Å². The third kappa shape index (κ3) is 2.36. The summed E-state index contributed by atoms with van der Waals surface area (Å²) in [6.45, 7) is 0.651. The van der Waals surface area contributed by atoms with Crippen LogP contribution in [0.2, 0.25) is 0 Å². The lowest BCUT2D eigenvalue weighted by atomic mass is 9.89. The fraction of sp³-hybridized carbons (Fsp3) is 0.500. The number of hydrogen-bond acceptors (Lipinski definition) is 4. The average molecular weight is 286 g/mol. The molecule has 5 nitrogen and oxygen atoms in total. The molecule has 2 aliphatic heterocycles. The highest BCUT2D eigenvalue weighted by molar-refractivity contribution is 5.71. The minimum Gasteiger partial charge on any atom is -0.496 e. The van der Waals surface area contributed by atoms with E-state index in [1.54, 1.807) is 19.2 Å². The molecule has 3 unspecified atom stereocenters. The van der Waals surface area contributed by atoms with Crippen LogP contribution in [-0.2, 0) is 11.3 Å². The molecule has 1 aromatic carbocycles. The van der Waals surface area contributed by atoms with Crippen LogP contribution in [0.15, 0.2) is 18.2 Å². The van der Waals surface area contributed by atoms with Crippen LogP contribution in [0.3, 0.4) is 0 Å². The Kier molecular flexibility index (Phi) is 3.56. The van der Waals surface area contributed by atoms with Crippen LogP contribution in [0.25, 0.3) is 0 Å². The van der Waals surface area contributed by atoms with Crippen molar-refractivity contribution in [2.24, 2.45) is 5.92 Å². The molecule has 110 valence electrons. The zero-order valence-corrected chi connectivity index (χ0v) is 12.0. The lowest BCUT2D eigenvalue weighted by molar-refractivity contribution is -0.142. The van der Waals surface area contributed by atoms with Crippen LogP contribution in [0.4, 0.5) is 0 Å². The fourth-order valence-electron chi connectivity index (χ4n) is 3.78. The lowest BCUT2D eigenvalue weighted by Crippen LogP contribution is -2.32. The summed E-state index contributed by atoms with van der Waals surface area (Å²) >= 11 is 0. The van der Waals surface area contributed by atoms with Crippen LogP contribution in [0, 0.1) is 17.2 Å². The van der Waals surface area contributed by atoms with Gasteiger partial charge < -0.3 is 9.84 Å². The van der Waals surface area contributed by atoms with E-state index in [1.807, 2.05) is 6.07 Å². The molecule has 3 atom stereocenters. The van der Waals surface area contributed by atoms with Gasteiger partial charge >= 0.3 is 5.97 Å². The highest BCUT2D eigenvalue weighted by atomic mass is 16.5. The van der Waals surface area contributed by atoms with Gasteiger partial charge in [0.2, 0.25) is 0 Å². The van der Waals surface area contributed by atoms with E-state index in [1.165, 1.54) is 0 Å². The Bertz CT molecular complexity index is 608. The number of hydrogen-bond donors (Lipinski definition) is 1. The second-order valence-corrected chi connectivity index (χ2v) is 5.79. The van der Waals surface area contributed by atoms with Gasteiger partial charge in [0.25, 0.3) is 0 Å². The summed E-state index contributed by atoms with van der Waals surface area (Å²) in [5, 5.41) is 18.3. The first-order chi connectivity index (χ1) is 10.1. The molecule has 2 heterocycles. The molecule has 2 fully saturated rings. The van der Waals surface area contributed by atoms with E-state index in [0.29, 0.717) is 18.2 Å². The maximum Gasteiger partial charge on any atom is 0.308 e. The maximum absolute atomic E-state index is 11.3. The predicted molar refractivity (Wildman–Crippen MR) is 75.8 cm³/mol. The van der Waals surface area contributed by atoms with Crippen molar-refractivity contribution in [2.45, 2.75) is 37.9 Å². The first-order valence-corrected chi connectivity index (χ1v) is 7.19. The molecular formula is C16H18N2O3. The van der Waals surface area contributed by atoms with Crippen LogP contribution in [0.1, 0.15) is 30.4 Å². The maximum atomic E-state index is 11.3. The van der Waals surface area contributed by atoms with E-state index >= 15 is 0 Å². The number of aliphatic carboxylic acids is 1. The molecule has 0 aliphatic carbocycles. The summed E-state index contributed by atoms with van der Waals surface area (Å²) in [5.74, 6) is -0.189. The van der Waals surface area contributed by atoms with E-state index in [2.05, 4.69) is 11.0 Å². The van der Waals surface area contributed by atoms with Crippen molar-refractivity contribution in [3.63, 3.8) is 0 Å². The van der Waals surface area contributed by atoms with Gasteiger partial charge in [-0.05, 0) is 37.5 Å². The van der Waals surface area contributed by atoms with E-state index < -0.39 is 5.97 Å². The summed E-state index contributed by atoms with van der Waals surface area (Å²) in [7, 11) is 1.61. The number of carboxylic acid groups (broad SMARTS) is 1. The van der Waals surface area contributed by atoms with Gasteiger partial charge in [-0.2, -0.15) is 5.26 Å². The fourth-order valence-corrected chi connectivity index (χ4v) is 3.78. The molecule has 0 radical (unpaired) electrons. The van der Waals surface area contributed by atoms with Gasteiger partial charge in [0, 0.05) is 24.2 Å². The highest BCUT2D eigenvalue weighted by Crippen LogP contribution is 2.43. The smallest absolute Gasteiger partial charge is 0.308 e. The highest BCUT2D eigenvalue weighted by Gasteiger charge is 2.49. The minimum atomic E-state index is -0.690. The van der Waals surface area contributed by atoms with Crippen molar-refractivity contribution >= 4 is 5.97 Å². The zero-order chi connectivity index (χ0) is 15.0. The quantitative estimate of drug-likeness (QED) is 0.916. The third-order valence-electron chi connectivity index (χ3n) is 4.76. The molecular weight excluding hydrogens is 268 g/mol. The normalized spacial score (nSPS) is 27.5. The van der Waals surface area contributed by atoms with Crippen LogP contribution < -0.4 is 4.74 Å². The number of nitrogens with zero attached hydrogens (tertiary/aromatic N) is 2. The molecule has 1 aromatic rings. The molecule has 2 bridgehead atoms. The minimum absolute atomic E-state index is 0.114. The van der Waals surface area contributed by atoms with E-state index in [9.17, 15) is 9.90 Å². The molecule has 0 spiro atoms. The Morgan fingerprint density at radius 2 is 2.33 bits per heavy atom. The average Bonchev–Trinajstić information content (AvgIpc) is 3.04. The second kappa shape index (κ2) is 5.38. The van der Waals surface area contributed by atoms with E-state index in [-0.39, 0.29) is 12.0 Å². The van der Waals surface area contributed by atoms with Crippen molar-refractivity contribution in [1.29, 1.82) is 5.26 Å². The SMILES string of the molecule is COc1ccc(C#N)cc1CN1C2CCC1C(C(=O)O)C2. The Balaban J connectivity index is 1.84. The summed E-state index contributed by atoms with van der Waals surface area (Å²) in [5.41, 5.74) is 1.56. The first kappa shape index (κ1) is 13.9. The van der Waals surface area contributed by atoms with Gasteiger partial charge in [-0.1, -0.05) is 0 Å². The Labute approximate surface area is 123 Å². The number of carboxylic acids is 1. The summed E-state index contributed by atoms with van der Waals surface area (Å²) in [6, 6.07) is 7.98. The van der Waals surface area contributed by atoms with Crippen molar-refractivity contribution in [1.82, 2.24) is 4.90 Å². The molecule has 5 heteroatoms. The van der Waals surface area contributed by atoms with Crippen molar-refractivity contribution in [3.05, 3.63) is 29.3 Å². The van der Waals surface area contributed by atoms with Crippen molar-refractivity contribution in [3.8, 4) is 11.8 Å². The number of benzene rings is 1. The van der Waals surface area contributed by atoms with Gasteiger partial charge in [-0.25, -0.2) is 0 Å². The molecule has 1 N–H and O–H groups in total. The number of nitriles is 1. The van der Waals surface area contributed by atoms with Gasteiger partial charge in [-0.15, -0.1) is 0 Å². The molecule has 2 aliphatic rings. The molecule has 0 saturated carbocycles. The number of methoxy groups -OCH3 is 1. The van der Waals surface area contributed by atoms with Crippen molar-refractivity contribution < 1.29 is 14.6 Å². The molecule has 21 heavy (non-hydrogen) atoms. The molecule has 0 amide bonds. The Morgan fingerprint density at radius 3 is 2.95 bits per heavy atom. The Hall–Kier alpha value is -2.06. The van der Waals surface area contributed by atoms with E-state index in [4.69, 9.17) is 10.00 Å². The predicted octanol–water partition coefficient (Wildman–Crippen LogP) is 2.00. The number of carbonyl (C=O) groups is 1. The first-order valence-electron chi connectivity index (χ1n) is 7.19. The molecule has 0 aromatic heterocycles. The third-order valence-corrected chi connectivity index (χ3v) is 4.76. The second-order valence-electron chi connectivity index (χ2n) is 5.79. The number of fused-ring (bicyclic) bond motifs is 2. The van der Waals surface area contributed by atoms with Gasteiger partial charge in [0.1, 0.15) is 5.75 Å². The topological polar surface area (TPSA) is 73.6 Å². The largest absolute Gasteiger partial charge is 0.496 e.